The summed E-state index contributed by atoms with van der Waals surface area (Å²) >= 11 is 0. The molecule has 236 valence electrons. The van der Waals surface area contributed by atoms with E-state index in [9.17, 15) is 22.4 Å². The Hall–Kier alpha value is -4.03. The molecule has 0 aliphatic heterocycles. The smallest absolute Gasteiger partial charge is 0.427 e. The summed E-state index contributed by atoms with van der Waals surface area (Å²) < 4.78 is 71.2. The number of hydrogen-bond donors (Lipinski definition) is 0. The molecule has 1 saturated carbocycles. The number of ether oxygens (including phenoxy) is 2. The minimum atomic E-state index is -4.79. The van der Waals surface area contributed by atoms with Gasteiger partial charge < -0.3 is 14.0 Å². The minimum absolute atomic E-state index is 0.00361. The maximum absolute atomic E-state index is 14.3. The summed E-state index contributed by atoms with van der Waals surface area (Å²) in [4.78, 5) is 27.6. The number of nitrogens with zero attached hydrogens (tertiary/aromatic N) is 5. The fourth-order valence-corrected chi connectivity index (χ4v) is 5.36. The lowest BCUT2D eigenvalue weighted by Crippen LogP contribution is -2.52. The highest BCUT2D eigenvalue weighted by molar-refractivity contribution is 5.86. The molecule has 0 spiro atoms. The molecule has 1 fully saturated rings. The van der Waals surface area contributed by atoms with Gasteiger partial charge >= 0.3 is 12.3 Å². The first-order valence-electron chi connectivity index (χ1n) is 14.4. The average molecular weight is 618 g/mol. The molecule has 3 aliphatic carbocycles. The van der Waals surface area contributed by atoms with Crippen LogP contribution in [0.3, 0.4) is 0 Å². The van der Waals surface area contributed by atoms with Crippen LogP contribution in [0.15, 0.2) is 46.6 Å². The van der Waals surface area contributed by atoms with Gasteiger partial charge in [-0.3, -0.25) is 0 Å². The van der Waals surface area contributed by atoms with Gasteiger partial charge in [-0.1, -0.05) is 10.7 Å². The second kappa shape index (κ2) is 11.2. The number of allylic oxidation sites excluding steroid dienone is 2. The number of amides is 1. The second-order valence-corrected chi connectivity index (χ2v) is 12.7. The first-order valence-corrected chi connectivity index (χ1v) is 14.4. The number of fused-ring (bicyclic) bond motifs is 2. The van der Waals surface area contributed by atoms with E-state index >= 15 is 0 Å². The molecule has 2 bridgehead atoms. The molecule has 0 atom stereocenters. The molecule has 13 heteroatoms. The van der Waals surface area contributed by atoms with E-state index in [1.807, 2.05) is 13.8 Å². The van der Waals surface area contributed by atoms with Gasteiger partial charge in [0.05, 0.1) is 11.8 Å². The van der Waals surface area contributed by atoms with Crippen LogP contribution in [0.1, 0.15) is 78.9 Å². The molecule has 0 radical (unpaired) electrons. The summed E-state index contributed by atoms with van der Waals surface area (Å²) in [5, 5.41) is 3.96. The van der Waals surface area contributed by atoms with Crippen LogP contribution in [0.5, 0.6) is 5.75 Å². The monoisotopic (exact) mass is 617 g/mol. The Bertz CT molecular complexity index is 1550. The quantitative estimate of drug-likeness (QED) is 0.224. The maximum atomic E-state index is 14.3. The van der Waals surface area contributed by atoms with E-state index in [-0.39, 0.29) is 24.5 Å². The summed E-state index contributed by atoms with van der Waals surface area (Å²) in [6.45, 7) is 8.14. The second-order valence-electron chi connectivity index (χ2n) is 12.7. The van der Waals surface area contributed by atoms with Crippen molar-refractivity contribution in [3.8, 4) is 17.0 Å². The van der Waals surface area contributed by atoms with Crippen molar-refractivity contribution < 1.29 is 36.4 Å². The maximum Gasteiger partial charge on any atom is 0.427 e. The topological polar surface area (TPSA) is 103 Å². The molecule has 2 heterocycles. The number of alkyl halides is 4. The predicted octanol–water partition coefficient (Wildman–Crippen LogP) is 7.83. The molecule has 0 N–H and O–H groups in total. The van der Waals surface area contributed by atoms with E-state index in [2.05, 4.69) is 20.1 Å². The van der Waals surface area contributed by atoms with Crippen LogP contribution in [0.25, 0.3) is 16.8 Å². The molecule has 9 nitrogen and oxygen atoms in total. The zero-order valence-corrected chi connectivity index (χ0v) is 25.5. The summed E-state index contributed by atoms with van der Waals surface area (Å²) in [6, 6.07) is 8.83. The molecule has 3 aromatic rings. The van der Waals surface area contributed by atoms with Gasteiger partial charge in [0, 0.05) is 18.3 Å². The lowest BCUT2D eigenvalue weighted by molar-refractivity contribution is -0.243. The van der Waals surface area contributed by atoms with Crippen LogP contribution in [-0.2, 0) is 10.4 Å². The number of carbonyl (C=O) groups excluding carboxylic acids is 1. The Balaban J connectivity index is 1.42. The molecular weight excluding hydrogens is 582 g/mol. The van der Waals surface area contributed by atoms with Gasteiger partial charge in [0.15, 0.2) is 11.5 Å². The van der Waals surface area contributed by atoms with Crippen molar-refractivity contribution in [3.63, 3.8) is 0 Å². The Morgan fingerprint density at radius 3 is 2.27 bits per heavy atom. The SMILES string of the molecule is CC(C)Oc1ccc(-c2ccnc(N(CC34CCC(c5noc(C(C)(C)F)n5)=C(C3)C4)C(=O)OC(C)(C)C(F)(F)F)n2)cc1. The number of rotatable bonds is 9. The van der Waals surface area contributed by atoms with Crippen LogP contribution in [0.4, 0.5) is 28.3 Å². The van der Waals surface area contributed by atoms with Crippen molar-refractivity contribution in [3.05, 3.63) is 53.8 Å². The van der Waals surface area contributed by atoms with Gasteiger partial charge in [0.2, 0.25) is 11.5 Å². The summed E-state index contributed by atoms with van der Waals surface area (Å²) in [5.74, 6) is 0.821. The summed E-state index contributed by atoms with van der Waals surface area (Å²) in [7, 11) is 0. The number of anilines is 1. The third-order valence-electron chi connectivity index (χ3n) is 7.86. The van der Waals surface area contributed by atoms with Crippen LogP contribution >= 0.6 is 0 Å². The lowest BCUT2D eigenvalue weighted by Gasteiger charge is -2.50. The molecule has 6 rings (SSSR count). The van der Waals surface area contributed by atoms with Gasteiger partial charge in [-0.05, 0) is 109 Å². The molecule has 2 aromatic heterocycles. The van der Waals surface area contributed by atoms with Gasteiger partial charge in [0.1, 0.15) is 5.75 Å². The number of benzene rings is 1. The summed E-state index contributed by atoms with van der Waals surface area (Å²) in [5.41, 5.74) is -1.89. The number of halogens is 4. The van der Waals surface area contributed by atoms with Crippen LogP contribution < -0.4 is 9.64 Å². The Morgan fingerprint density at radius 2 is 1.73 bits per heavy atom. The number of hydrogen-bond acceptors (Lipinski definition) is 8. The van der Waals surface area contributed by atoms with Crippen molar-refractivity contribution in [1.29, 1.82) is 0 Å². The largest absolute Gasteiger partial charge is 0.491 e. The molecule has 44 heavy (non-hydrogen) atoms. The lowest BCUT2D eigenvalue weighted by atomic mass is 9.57. The highest BCUT2D eigenvalue weighted by Gasteiger charge is 2.53. The predicted molar refractivity (Wildman–Crippen MR) is 153 cm³/mol. The minimum Gasteiger partial charge on any atom is -0.491 e. The Labute approximate surface area is 252 Å². The summed E-state index contributed by atoms with van der Waals surface area (Å²) in [6.07, 6.45) is -2.33. The molecule has 1 aromatic carbocycles. The molecule has 3 aliphatic rings. The van der Waals surface area contributed by atoms with Crippen molar-refractivity contribution in [2.75, 3.05) is 11.4 Å². The number of carbonyl (C=O) groups is 1. The van der Waals surface area contributed by atoms with Crippen LogP contribution in [0.2, 0.25) is 0 Å². The Kier molecular flexibility index (Phi) is 7.96. The third-order valence-corrected chi connectivity index (χ3v) is 7.86. The van der Waals surface area contributed by atoms with E-state index < -0.39 is 29.0 Å². The molecule has 0 saturated heterocycles. The highest BCUT2D eigenvalue weighted by atomic mass is 19.4. The van der Waals surface area contributed by atoms with Gasteiger partial charge in [-0.15, -0.1) is 0 Å². The van der Waals surface area contributed by atoms with Crippen molar-refractivity contribution in [1.82, 2.24) is 20.1 Å². The number of aromatic nitrogens is 4. The highest BCUT2D eigenvalue weighted by Crippen LogP contribution is 2.57. The van der Waals surface area contributed by atoms with Crippen molar-refractivity contribution >= 4 is 17.6 Å². The molecule has 1 amide bonds. The van der Waals surface area contributed by atoms with E-state index in [1.165, 1.54) is 20.0 Å². The van der Waals surface area contributed by atoms with Gasteiger partial charge in [-0.25, -0.2) is 24.1 Å². The van der Waals surface area contributed by atoms with Crippen LogP contribution in [-0.4, -0.2) is 50.6 Å². The molecule has 0 unspecified atom stereocenters. The fraction of sp³-hybridized carbons (Fsp3) is 0.516. The van der Waals surface area contributed by atoms with Crippen LogP contribution in [0, 0.1) is 5.41 Å². The molecular formula is C31H35F4N5O4. The first-order chi connectivity index (χ1) is 20.5. The van der Waals surface area contributed by atoms with E-state index in [0.29, 0.717) is 48.5 Å². The van der Waals surface area contributed by atoms with E-state index in [0.717, 1.165) is 29.9 Å². The average Bonchev–Trinajstić information content (AvgIpc) is 3.42. The fourth-order valence-electron chi connectivity index (χ4n) is 5.36. The van der Waals surface area contributed by atoms with E-state index in [1.54, 1.807) is 30.3 Å². The van der Waals surface area contributed by atoms with Gasteiger partial charge in [0.25, 0.3) is 5.89 Å². The van der Waals surface area contributed by atoms with Gasteiger partial charge in [-0.2, -0.15) is 18.2 Å². The van der Waals surface area contributed by atoms with E-state index in [4.69, 9.17) is 14.0 Å². The van der Waals surface area contributed by atoms with Crippen molar-refractivity contribution in [2.45, 2.75) is 90.8 Å². The third kappa shape index (κ3) is 6.41. The van der Waals surface area contributed by atoms with Crippen molar-refractivity contribution in [2.24, 2.45) is 5.41 Å². The standard InChI is InChI=1S/C31H35F4N5O4/c1-18(2)42-21-9-7-19(8-10-21)23-12-14-36-26(37-23)40(27(41)43-29(5,6)31(33,34)35)17-30-13-11-22(20(15-30)16-30)24-38-25(44-39-24)28(3,4)32/h7-10,12,14,18H,11,13,15-17H2,1-6H3. The Morgan fingerprint density at radius 1 is 1.05 bits per heavy atom. The first kappa shape index (κ1) is 31.4. The zero-order chi connectivity index (χ0) is 32.1. The normalized spacial score (nSPS) is 16.5. The zero-order valence-electron chi connectivity index (χ0n) is 25.5.